The van der Waals surface area contributed by atoms with Crippen LogP contribution in [-0.2, 0) is 10.0 Å². The molecule has 0 amide bonds. The third kappa shape index (κ3) is 2.99. The summed E-state index contributed by atoms with van der Waals surface area (Å²) in [5.41, 5.74) is 5.69. The Morgan fingerprint density at radius 2 is 1.86 bits per heavy atom. The Labute approximate surface area is 137 Å². The molecule has 0 spiro atoms. The summed E-state index contributed by atoms with van der Waals surface area (Å²) < 4.78 is 27.3. The molecule has 6 heteroatoms. The quantitative estimate of drug-likeness (QED) is 0.934. The zero-order valence-corrected chi connectivity index (χ0v) is 14.1. The fraction of sp³-hybridized carbons (Fsp3) is 0.375. The number of halogens is 1. The molecule has 4 nitrogen and oxygen atoms in total. The summed E-state index contributed by atoms with van der Waals surface area (Å²) in [6.45, 7) is 3.01. The first-order valence-electron chi connectivity index (χ1n) is 7.23. The molecular formula is C16H21ClN2O2S. The largest absolute Gasteiger partial charge is 0.330 e. The van der Waals surface area contributed by atoms with Gasteiger partial charge in [0.1, 0.15) is 0 Å². The second-order valence-corrected chi connectivity index (χ2v) is 7.66. The summed E-state index contributed by atoms with van der Waals surface area (Å²) in [5, 5.41) is 1.99. The SMILES string of the molecule is CC1CC(CN)CN1S(=O)(=O)c1ccc2ccccc2c1.Cl. The summed E-state index contributed by atoms with van der Waals surface area (Å²) >= 11 is 0. The van der Waals surface area contributed by atoms with Crippen molar-refractivity contribution in [1.82, 2.24) is 4.31 Å². The van der Waals surface area contributed by atoms with Crippen LogP contribution in [0.1, 0.15) is 13.3 Å². The average molecular weight is 341 g/mol. The lowest BCUT2D eigenvalue weighted by atomic mass is 10.1. The topological polar surface area (TPSA) is 63.4 Å². The van der Waals surface area contributed by atoms with Crippen LogP contribution in [-0.4, -0.2) is 31.9 Å². The zero-order valence-electron chi connectivity index (χ0n) is 12.5. The van der Waals surface area contributed by atoms with Crippen LogP contribution < -0.4 is 5.73 Å². The minimum atomic E-state index is -3.44. The van der Waals surface area contributed by atoms with Crippen molar-refractivity contribution in [2.75, 3.05) is 13.1 Å². The molecule has 1 fully saturated rings. The van der Waals surface area contributed by atoms with Gasteiger partial charge in [0.05, 0.1) is 4.90 Å². The van der Waals surface area contributed by atoms with Gasteiger partial charge in [-0.2, -0.15) is 4.31 Å². The lowest BCUT2D eigenvalue weighted by molar-refractivity contribution is 0.404. The van der Waals surface area contributed by atoms with Gasteiger partial charge in [0.15, 0.2) is 0 Å². The number of benzene rings is 2. The molecule has 1 aliphatic heterocycles. The van der Waals surface area contributed by atoms with Crippen LogP contribution in [0, 0.1) is 5.92 Å². The Morgan fingerprint density at radius 3 is 2.50 bits per heavy atom. The molecule has 2 unspecified atom stereocenters. The number of rotatable bonds is 3. The monoisotopic (exact) mass is 340 g/mol. The molecule has 1 heterocycles. The zero-order chi connectivity index (χ0) is 15.0. The molecule has 2 atom stereocenters. The van der Waals surface area contributed by atoms with Crippen molar-refractivity contribution in [3.8, 4) is 0 Å². The Morgan fingerprint density at radius 1 is 1.18 bits per heavy atom. The highest BCUT2D eigenvalue weighted by Gasteiger charge is 2.37. The summed E-state index contributed by atoms with van der Waals surface area (Å²) in [4.78, 5) is 0.366. The van der Waals surface area contributed by atoms with Crippen LogP contribution in [0.2, 0.25) is 0 Å². The minimum Gasteiger partial charge on any atom is -0.330 e. The van der Waals surface area contributed by atoms with Crippen molar-refractivity contribution < 1.29 is 8.42 Å². The Balaban J connectivity index is 0.00000176. The fourth-order valence-electron chi connectivity index (χ4n) is 3.08. The maximum absolute atomic E-state index is 12.8. The molecule has 0 radical (unpaired) electrons. The van der Waals surface area contributed by atoms with Gasteiger partial charge in [-0.15, -0.1) is 12.4 Å². The van der Waals surface area contributed by atoms with Crippen LogP contribution in [0.15, 0.2) is 47.4 Å². The van der Waals surface area contributed by atoms with Crippen molar-refractivity contribution >= 4 is 33.2 Å². The molecule has 2 N–H and O–H groups in total. The molecule has 3 rings (SSSR count). The number of hydrogen-bond acceptors (Lipinski definition) is 3. The van der Waals surface area contributed by atoms with Crippen LogP contribution >= 0.6 is 12.4 Å². The lowest BCUT2D eigenvalue weighted by Crippen LogP contribution is -2.34. The highest BCUT2D eigenvalue weighted by molar-refractivity contribution is 7.89. The number of nitrogens with zero attached hydrogens (tertiary/aromatic N) is 1. The van der Waals surface area contributed by atoms with Gasteiger partial charge in [-0.05, 0) is 48.7 Å². The molecule has 2 aromatic rings. The molecular weight excluding hydrogens is 320 g/mol. The van der Waals surface area contributed by atoms with Gasteiger partial charge in [-0.25, -0.2) is 8.42 Å². The van der Waals surface area contributed by atoms with E-state index in [1.807, 2.05) is 37.3 Å². The van der Waals surface area contributed by atoms with Crippen LogP contribution in [0.3, 0.4) is 0 Å². The van der Waals surface area contributed by atoms with Gasteiger partial charge in [0, 0.05) is 12.6 Å². The van der Waals surface area contributed by atoms with E-state index in [-0.39, 0.29) is 24.4 Å². The molecule has 22 heavy (non-hydrogen) atoms. The number of hydrogen-bond donors (Lipinski definition) is 1. The van der Waals surface area contributed by atoms with Crippen molar-refractivity contribution in [2.45, 2.75) is 24.3 Å². The molecule has 1 saturated heterocycles. The predicted molar refractivity (Wildman–Crippen MR) is 91.7 cm³/mol. The van der Waals surface area contributed by atoms with Crippen LogP contribution in [0.25, 0.3) is 10.8 Å². The standard InChI is InChI=1S/C16H20N2O2S.ClH/c1-12-8-13(10-17)11-18(12)21(19,20)16-7-6-14-4-2-3-5-15(14)9-16;/h2-7,9,12-13H,8,10-11,17H2,1H3;1H. The average Bonchev–Trinajstić information content (AvgIpc) is 2.88. The number of fused-ring (bicyclic) bond motifs is 1. The van der Waals surface area contributed by atoms with Gasteiger partial charge in [0.25, 0.3) is 0 Å². The third-order valence-corrected chi connectivity index (χ3v) is 6.24. The van der Waals surface area contributed by atoms with E-state index in [9.17, 15) is 8.42 Å². The minimum absolute atomic E-state index is 0. The fourth-order valence-corrected chi connectivity index (χ4v) is 4.83. The van der Waals surface area contributed by atoms with E-state index in [2.05, 4.69) is 0 Å². The van der Waals surface area contributed by atoms with Crippen LogP contribution in [0.4, 0.5) is 0 Å². The first-order valence-corrected chi connectivity index (χ1v) is 8.67. The summed E-state index contributed by atoms with van der Waals surface area (Å²) in [6.07, 6.45) is 0.837. The third-order valence-electron chi connectivity index (χ3n) is 4.27. The summed E-state index contributed by atoms with van der Waals surface area (Å²) in [6, 6.07) is 13.1. The summed E-state index contributed by atoms with van der Waals surface area (Å²) in [5.74, 6) is 0.259. The Bertz CT molecular complexity index is 764. The van der Waals surface area contributed by atoms with E-state index >= 15 is 0 Å². The first kappa shape index (κ1) is 17.2. The van der Waals surface area contributed by atoms with Gasteiger partial charge in [-0.3, -0.25) is 0 Å². The second-order valence-electron chi connectivity index (χ2n) is 5.77. The van der Waals surface area contributed by atoms with Gasteiger partial charge in [-0.1, -0.05) is 30.3 Å². The van der Waals surface area contributed by atoms with E-state index in [0.717, 1.165) is 17.2 Å². The Hall–Kier alpha value is -1.14. The molecule has 0 bridgehead atoms. The van der Waals surface area contributed by atoms with E-state index in [0.29, 0.717) is 18.0 Å². The normalized spacial score (nSPS) is 22.6. The second kappa shape index (κ2) is 6.54. The van der Waals surface area contributed by atoms with Gasteiger partial charge >= 0.3 is 0 Å². The predicted octanol–water partition coefficient (Wildman–Crippen LogP) is 2.62. The summed E-state index contributed by atoms with van der Waals surface area (Å²) in [7, 11) is -3.44. The molecule has 2 aromatic carbocycles. The van der Waals surface area contributed by atoms with Crippen molar-refractivity contribution in [3.05, 3.63) is 42.5 Å². The van der Waals surface area contributed by atoms with E-state index in [1.54, 1.807) is 16.4 Å². The van der Waals surface area contributed by atoms with E-state index in [4.69, 9.17) is 5.73 Å². The van der Waals surface area contributed by atoms with Gasteiger partial charge < -0.3 is 5.73 Å². The lowest BCUT2D eigenvalue weighted by Gasteiger charge is -2.21. The maximum atomic E-state index is 12.8. The Kier molecular flexibility index (Phi) is 5.12. The molecule has 0 aliphatic carbocycles. The molecule has 0 saturated carbocycles. The van der Waals surface area contributed by atoms with Crippen LogP contribution in [0.5, 0.6) is 0 Å². The molecule has 120 valence electrons. The van der Waals surface area contributed by atoms with Crippen molar-refractivity contribution in [3.63, 3.8) is 0 Å². The van der Waals surface area contributed by atoms with Gasteiger partial charge in [0.2, 0.25) is 10.0 Å². The maximum Gasteiger partial charge on any atom is 0.243 e. The van der Waals surface area contributed by atoms with E-state index in [1.165, 1.54) is 0 Å². The van der Waals surface area contributed by atoms with Crippen molar-refractivity contribution in [2.24, 2.45) is 11.7 Å². The first-order chi connectivity index (χ1) is 10.0. The number of nitrogens with two attached hydrogens (primary N) is 1. The molecule has 0 aromatic heterocycles. The highest BCUT2D eigenvalue weighted by Crippen LogP contribution is 2.30. The highest BCUT2D eigenvalue weighted by atomic mass is 35.5. The molecule has 1 aliphatic rings. The number of sulfonamides is 1. The van der Waals surface area contributed by atoms with Crippen molar-refractivity contribution in [1.29, 1.82) is 0 Å². The van der Waals surface area contributed by atoms with E-state index < -0.39 is 10.0 Å². The smallest absolute Gasteiger partial charge is 0.243 e.